The summed E-state index contributed by atoms with van der Waals surface area (Å²) in [4.78, 5) is 30.0. The molecule has 1 saturated carbocycles. The van der Waals surface area contributed by atoms with E-state index in [4.69, 9.17) is 9.47 Å². The van der Waals surface area contributed by atoms with Crippen LogP contribution >= 0.6 is 11.3 Å². The zero-order chi connectivity index (χ0) is 31.2. The summed E-state index contributed by atoms with van der Waals surface area (Å²) in [5, 5.41) is 9.66. The van der Waals surface area contributed by atoms with Crippen molar-refractivity contribution in [2.24, 2.45) is 5.92 Å². The Balaban J connectivity index is 1.49. The molecule has 1 fully saturated rings. The van der Waals surface area contributed by atoms with Crippen molar-refractivity contribution in [2.45, 2.75) is 95.2 Å². The van der Waals surface area contributed by atoms with Gasteiger partial charge in [-0.25, -0.2) is 27.7 Å². The van der Waals surface area contributed by atoms with Crippen molar-refractivity contribution in [3.05, 3.63) is 41.7 Å². The molecule has 2 aromatic rings. The van der Waals surface area contributed by atoms with Gasteiger partial charge in [-0.05, 0) is 85.1 Å². The summed E-state index contributed by atoms with van der Waals surface area (Å²) in [6.45, 7) is 10.0. The predicted molar refractivity (Wildman–Crippen MR) is 168 cm³/mol. The molecule has 1 unspecified atom stereocenters. The number of aromatic nitrogens is 1. The van der Waals surface area contributed by atoms with Crippen LogP contribution in [0.25, 0.3) is 10.4 Å². The Labute approximate surface area is 258 Å². The molecule has 236 valence electrons. The number of nitrogens with zero attached hydrogens (tertiary/aromatic N) is 1. The fraction of sp³-hybridized carbons (Fsp3) is 0.567. The van der Waals surface area contributed by atoms with Crippen LogP contribution in [0, 0.1) is 5.92 Å². The highest BCUT2D eigenvalue weighted by Crippen LogP contribution is 2.40. The van der Waals surface area contributed by atoms with Crippen LogP contribution in [0.4, 0.5) is 15.3 Å². The molecule has 0 bridgehead atoms. The smallest absolute Gasteiger partial charge is 0.411 e. The van der Waals surface area contributed by atoms with Crippen molar-refractivity contribution in [3.8, 4) is 10.4 Å². The minimum atomic E-state index is -3.96. The van der Waals surface area contributed by atoms with Gasteiger partial charge in [0, 0.05) is 47.4 Å². The predicted octanol–water partition coefficient (Wildman–Crippen LogP) is 5.72. The number of amides is 2. The molecule has 2 amide bonds. The van der Waals surface area contributed by atoms with Crippen molar-refractivity contribution < 1.29 is 27.5 Å². The molecule has 0 radical (unpaired) electrons. The molecular weight excluding hydrogens is 590 g/mol. The van der Waals surface area contributed by atoms with Crippen LogP contribution in [0.3, 0.4) is 0 Å². The van der Waals surface area contributed by atoms with Crippen molar-refractivity contribution >= 4 is 39.2 Å². The molecule has 1 aliphatic carbocycles. The number of anilines is 1. The summed E-state index contributed by atoms with van der Waals surface area (Å²) in [7, 11) is -3.96. The second-order valence-electron chi connectivity index (χ2n) is 12.4. The lowest BCUT2D eigenvalue weighted by Crippen LogP contribution is -2.40. The first-order valence-corrected chi connectivity index (χ1v) is 17.0. The van der Waals surface area contributed by atoms with Gasteiger partial charge in [0.1, 0.15) is 0 Å². The number of hydrogen-bond donors (Lipinski definition) is 4. The van der Waals surface area contributed by atoms with Gasteiger partial charge in [0.15, 0.2) is 0 Å². The monoisotopic (exact) mass is 633 g/mol. The maximum atomic E-state index is 13.6. The number of rotatable bonds is 9. The molecule has 43 heavy (non-hydrogen) atoms. The Hall–Kier alpha value is -3.16. The fourth-order valence-corrected chi connectivity index (χ4v) is 7.97. The average Bonchev–Trinajstić information content (AvgIpc) is 3.41. The maximum Gasteiger partial charge on any atom is 0.411 e. The Morgan fingerprint density at radius 1 is 1.12 bits per heavy atom. The van der Waals surface area contributed by atoms with Crippen LogP contribution in [0.5, 0.6) is 0 Å². The van der Waals surface area contributed by atoms with Crippen LogP contribution in [-0.4, -0.2) is 56.4 Å². The zero-order valence-electron chi connectivity index (χ0n) is 25.4. The van der Waals surface area contributed by atoms with Gasteiger partial charge >= 0.3 is 12.2 Å². The van der Waals surface area contributed by atoms with Crippen molar-refractivity contribution in [1.82, 2.24) is 20.3 Å². The molecule has 4 N–H and O–H groups in total. The molecule has 0 spiro atoms. The van der Waals surface area contributed by atoms with Crippen molar-refractivity contribution in [3.63, 3.8) is 0 Å². The van der Waals surface area contributed by atoms with E-state index in [0.29, 0.717) is 11.3 Å². The van der Waals surface area contributed by atoms with Crippen molar-refractivity contribution in [1.29, 1.82) is 0 Å². The molecule has 11 nitrogen and oxygen atoms in total. The standard InChI is InChI=1S/C30H43N5O6S2/c1-19(2)41-29(37)33-22-8-6-21(7-9-22)27-32-17-25(42-27)24-11-10-23(16-26(24)43(38,39)35-30(3,4)5)34-28(36)40-18-20-12-14-31-15-13-20/h10-12,14,16-17,19-22,31,35H,6-9,13,15,18H2,1-5H3,(H,33,37)(H,34,36)/t20?,21-,22-. The maximum absolute atomic E-state index is 13.6. The van der Waals surface area contributed by atoms with Crippen LogP contribution in [0.2, 0.25) is 0 Å². The second-order valence-corrected chi connectivity index (χ2v) is 15.1. The highest BCUT2D eigenvalue weighted by Gasteiger charge is 2.29. The topological polar surface area (TPSA) is 148 Å². The van der Waals surface area contributed by atoms with Crippen LogP contribution in [-0.2, 0) is 19.5 Å². The number of thiazole rings is 1. The quantitative estimate of drug-likeness (QED) is 0.274. The third-order valence-corrected chi connectivity index (χ3v) is 10.1. The number of carbonyl (C=O) groups is 2. The first kappa shape index (κ1) is 32.7. The van der Waals surface area contributed by atoms with E-state index in [0.717, 1.165) is 48.5 Å². The number of nitrogens with one attached hydrogen (secondary N) is 4. The molecule has 1 aliphatic heterocycles. The van der Waals surface area contributed by atoms with Crippen LogP contribution in [0.1, 0.15) is 77.6 Å². The molecular formula is C30H43N5O6S2. The van der Waals surface area contributed by atoms with Crippen molar-refractivity contribution in [2.75, 3.05) is 18.5 Å². The SMILES string of the molecule is CC(C)OC(=O)N[C@H]1CC[C@H](c2ncc(-c3ccc(NC(=O)OCC4C=CNCC4)cc3S(=O)(=O)NC(C)(C)C)s2)CC1. The van der Waals surface area contributed by atoms with Crippen LogP contribution in [0.15, 0.2) is 41.6 Å². The van der Waals surface area contributed by atoms with E-state index in [9.17, 15) is 18.0 Å². The molecule has 1 aromatic heterocycles. The summed E-state index contributed by atoms with van der Waals surface area (Å²) in [5.41, 5.74) is 0.106. The number of benzene rings is 1. The summed E-state index contributed by atoms with van der Waals surface area (Å²) in [5.74, 6) is 0.352. The molecule has 4 rings (SSSR count). The fourth-order valence-electron chi connectivity index (χ4n) is 5.11. The first-order chi connectivity index (χ1) is 20.3. The number of ether oxygens (including phenoxy) is 2. The Morgan fingerprint density at radius 2 is 1.86 bits per heavy atom. The van der Waals surface area contributed by atoms with E-state index in [1.807, 2.05) is 26.1 Å². The van der Waals surface area contributed by atoms with Crippen LogP contribution < -0.4 is 20.7 Å². The molecule has 1 atom stereocenters. The summed E-state index contributed by atoms with van der Waals surface area (Å²) in [6.07, 6.45) is 8.52. The lowest BCUT2D eigenvalue weighted by atomic mass is 9.86. The summed E-state index contributed by atoms with van der Waals surface area (Å²) < 4.78 is 40.5. The van der Waals surface area contributed by atoms with Gasteiger partial charge in [-0.2, -0.15) is 0 Å². The number of hydrogen-bond acceptors (Lipinski definition) is 9. The van der Waals surface area contributed by atoms with Gasteiger partial charge < -0.3 is 20.1 Å². The second kappa shape index (κ2) is 14.1. The van der Waals surface area contributed by atoms with E-state index < -0.39 is 27.7 Å². The van der Waals surface area contributed by atoms with Gasteiger partial charge in [0.25, 0.3) is 0 Å². The number of carbonyl (C=O) groups excluding carboxylic acids is 2. The van der Waals surface area contributed by atoms with Gasteiger partial charge in [-0.15, -0.1) is 11.3 Å². The lowest BCUT2D eigenvalue weighted by Gasteiger charge is -2.28. The van der Waals surface area contributed by atoms with E-state index in [1.54, 1.807) is 39.1 Å². The molecule has 2 aliphatic rings. The molecule has 13 heteroatoms. The molecule has 2 heterocycles. The van der Waals surface area contributed by atoms with E-state index >= 15 is 0 Å². The largest absolute Gasteiger partial charge is 0.449 e. The van der Waals surface area contributed by atoms with Gasteiger partial charge in [0.2, 0.25) is 10.0 Å². The normalized spacial score (nSPS) is 20.7. The van der Waals surface area contributed by atoms with Gasteiger partial charge in [0.05, 0.1) is 27.5 Å². The first-order valence-electron chi connectivity index (χ1n) is 14.7. The highest BCUT2D eigenvalue weighted by molar-refractivity contribution is 7.89. The molecule has 1 aromatic carbocycles. The Bertz CT molecular complexity index is 1410. The van der Waals surface area contributed by atoms with Gasteiger partial charge in [-0.3, -0.25) is 5.32 Å². The Kier molecular flexibility index (Phi) is 10.7. The van der Waals surface area contributed by atoms with E-state index in [1.165, 1.54) is 17.4 Å². The number of sulfonamides is 1. The minimum Gasteiger partial charge on any atom is -0.449 e. The summed E-state index contributed by atoms with van der Waals surface area (Å²) in [6, 6.07) is 4.89. The van der Waals surface area contributed by atoms with E-state index in [2.05, 4.69) is 25.7 Å². The summed E-state index contributed by atoms with van der Waals surface area (Å²) >= 11 is 1.47. The highest BCUT2D eigenvalue weighted by atomic mass is 32.2. The number of alkyl carbamates (subject to hydrolysis) is 1. The third kappa shape index (κ3) is 9.67. The third-order valence-electron chi connectivity index (χ3n) is 7.06. The average molecular weight is 634 g/mol. The Morgan fingerprint density at radius 3 is 2.51 bits per heavy atom. The zero-order valence-corrected chi connectivity index (χ0v) is 27.1. The van der Waals surface area contributed by atoms with E-state index in [-0.39, 0.29) is 35.5 Å². The lowest BCUT2D eigenvalue weighted by molar-refractivity contribution is 0.109. The van der Waals surface area contributed by atoms with Gasteiger partial charge in [-0.1, -0.05) is 12.1 Å². The minimum absolute atomic E-state index is 0.0493. The molecule has 0 saturated heterocycles.